The lowest BCUT2D eigenvalue weighted by Crippen LogP contribution is -2.21. The third-order valence-corrected chi connectivity index (χ3v) is 6.03. The zero-order valence-electron chi connectivity index (χ0n) is 17.1. The number of nitrogens with two attached hydrogens (primary N) is 1. The van der Waals surface area contributed by atoms with Crippen molar-refractivity contribution in [3.8, 4) is 17.1 Å². The lowest BCUT2D eigenvalue weighted by Gasteiger charge is -2.24. The van der Waals surface area contributed by atoms with Crippen molar-refractivity contribution in [1.29, 1.82) is 0 Å². The Bertz CT molecular complexity index is 1350. The number of imidazole rings is 1. The second-order valence-electron chi connectivity index (χ2n) is 8.06. The number of carboxylic acids is 1. The smallest absolute Gasteiger partial charge is 0.481 e. The minimum atomic E-state index is -4.83. The first-order chi connectivity index (χ1) is 15.7. The predicted octanol–water partition coefficient (Wildman–Crippen LogP) is 4.11. The molecule has 0 bridgehead atoms. The van der Waals surface area contributed by atoms with Crippen LogP contribution >= 0.6 is 0 Å². The van der Waals surface area contributed by atoms with Crippen molar-refractivity contribution in [2.24, 2.45) is 5.92 Å². The standard InChI is InChI=1S/C21H19F3N6O3/c22-21(23,24)33-14-3-1-2-12-8-13(28-15(12)14)16-17-18(25)26-9-27-30(17)19(29-16)10-4-6-11(7-5-10)20(31)32/h1-3,8-11,28H,4-7H2,(H,31,32)(H2,25,26,27)/t10-,11-. The number of hydrogen-bond donors (Lipinski definition) is 3. The number of anilines is 1. The highest BCUT2D eigenvalue weighted by Gasteiger charge is 2.33. The van der Waals surface area contributed by atoms with Crippen LogP contribution < -0.4 is 10.5 Å². The minimum absolute atomic E-state index is 0.0374. The third kappa shape index (κ3) is 3.81. The van der Waals surface area contributed by atoms with Gasteiger partial charge in [-0.05, 0) is 37.8 Å². The summed E-state index contributed by atoms with van der Waals surface area (Å²) in [7, 11) is 0. The zero-order chi connectivity index (χ0) is 23.3. The highest BCUT2D eigenvalue weighted by molar-refractivity contribution is 5.93. The summed E-state index contributed by atoms with van der Waals surface area (Å²) in [6.45, 7) is 0. The number of nitrogen functional groups attached to an aromatic ring is 1. The van der Waals surface area contributed by atoms with Crippen molar-refractivity contribution in [1.82, 2.24) is 24.6 Å². The van der Waals surface area contributed by atoms with Crippen LogP contribution in [0.15, 0.2) is 30.6 Å². The Balaban J connectivity index is 1.60. The van der Waals surface area contributed by atoms with Gasteiger partial charge in [0.05, 0.1) is 17.1 Å². The Kier molecular flexibility index (Phi) is 4.87. The SMILES string of the molecule is Nc1ncnn2c1c(-c1cc3cccc(OC(F)(F)F)c3[nH]1)nc2[C@H]1CC[C@H](C(=O)O)CC1. The molecule has 0 spiro atoms. The molecule has 5 rings (SSSR count). The number of nitrogens with zero attached hydrogens (tertiary/aromatic N) is 4. The van der Waals surface area contributed by atoms with Crippen LogP contribution in [0.2, 0.25) is 0 Å². The number of aromatic amines is 1. The highest BCUT2D eigenvalue weighted by Crippen LogP contribution is 2.39. The minimum Gasteiger partial charge on any atom is -0.481 e. The van der Waals surface area contributed by atoms with Gasteiger partial charge < -0.3 is 20.6 Å². The molecule has 1 fully saturated rings. The van der Waals surface area contributed by atoms with Crippen LogP contribution in [0.25, 0.3) is 27.8 Å². The maximum Gasteiger partial charge on any atom is 0.573 e. The zero-order valence-corrected chi connectivity index (χ0v) is 17.1. The van der Waals surface area contributed by atoms with Gasteiger partial charge in [0.1, 0.15) is 23.4 Å². The van der Waals surface area contributed by atoms with Gasteiger partial charge in [-0.2, -0.15) is 5.10 Å². The number of halogens is 3. The van der Waals surface area contributed by atoms with Crippen molar-refractivity contribution in [2.45, 2.75) is 38.0 Å². The molecule has 0 atom stereocenters. The average molecular weight is 460 g/mol. The lowest BCUT2D eigenvalue weighted by molar-refractivity contribution is -0.274. The van der Waals surface area contributed by atoms with Gasteiger partial charge >= 0.3 is 12.3 Å². The molecule has 1 aromatic carbocycles. The molecule has 172 valence electrons. The van der Waals surface area contributed by atoms with E-state index in [1.165, 1.54) is 18.5 Å². The summed E-state index contributed by atoms with van der Waals surface area (Å²) >= 11 is 0. The fourth-order valence-corrected chi connectivity index (χ4v) is 4.49. The number of aliphatic carboxylic acids is 1. The molecule has 0 amide bonds. The number of alkyl halides is 3. The van der Waals surface area contributed by atoms with E-state index < -0.39 is 12.3 Å². The number of aromatic nitrogens is 5. The second kappa shape index (κ2) is 7.64. The molecule has 0 saturated heterocycles. The first-order valence-electron chi connectivity index (χ1n) is 10.3. The van der Waals surface area contributed by atoms with Crippen LogP contribution in [0.1, 0.15) is 37.4 Å². The fraction of sp³-hybridized carbons (Fsp3) is 0.333. The van der Waals surface area contributed by atoms with E-state index in [4.69, 9.17) is 10.7 Å². The van der Waals surface area contributed by atoms with E-state index in [-0.39, 0.29) is 28.9 Å². The van der Waals surface area contributed by atoms with Gasteiger partial charge in [-0.3, -0.25) is 4.79 Å². The first kappa shape index (κ1) is 21.0. The quantitative estimate of drug-likeness (QED) is 0.418. The topological polar surface area (TPSA) is 131 Å². The van der Waals surface area contributed by atoms with Crippen molar-refractivity contribution >= 4 is 28.2 Å². The molecule has 1 aliphatic carbocycles. The number of carbonyl (C=O) groups is 1. The van der Waals surface area contributed by atoms with Crippen molar-refractivity contribution in [3.05, 3.63) is 36.4 Å². The lowest BCUT2D eigenvalue weighted by atomic mass is 9.82. The monoisotopic (exact) mass is 460 g/mol. The molecule has 1 aliphatic rings. The van der Waals surface area contributed by atoms with Crippen LogP contribution in [0, 0.1) is 5.92 Å². The number of benzene rings is 1. The molecular formula is C21H19F3N6O3. The molecule has 1 saturated carbocycles. The molecule has 0 unspecified atom stereocenters. The number of rotatable bonds is 4. The molecule has 4 N–H and O–H groups in total. The largest absolute Gasteiger partial charge is 0.573 e. The predicted molar refractivity (Wildman–Crippen MR) is 112 cm³/mol. The Morgan fingerprint density at radius 2 is 2.00 bits per heavy atom. The number of fused-ring (bicyclic) bond motifs is 2. The van der Waals surface area contributed by atoms with Crippen LogP contribution in [-0.4, -0.2) is 42.0 Å². The van der Waals surface area contributed by atoms with E-state index in [1.807, 2.05) is 0 Å². The van der Waals surface area contributed by atoms with Crippen LogP contribution in [-0.2, 0) is 4.79 Å². The Morgan fingerprint density at radius 3 is 2.70 bits per heavy atom. The number of H-pyrrole nitrogens is 1. The van der Waals surface area contributed by atoms with E-state index in [0.717, 1.165) is 0 Å². The van der Waals surface area contributed by atoms with Gasteiger partial charge in [0.25, 0.3) is 0 Å². The second-order valence-corrected chi connectivity index (χ2v) is 8.06. The first-order valence-corrected chi connectivity index (χ1v) is 10.3. The van der Waals surface area contributed by atoms with Gasteiger partial charge in [-0.1, -0.05) is 12.1 Å². The van der Waals surface area contributed by atoms with Crippen molar-refractivity contribution < 1.29 is 27.8 Å². The molecule has 4 aromatic rings. The van der Waals surface area contributed by atoms with Gasteiger partial charge in [-0.25, -0.2) is 14.5 Å². The van der Waals surface area contributed by atoms with E-state index in [0.29, 0.717) is 53.8 Å². The van der Waals surface area contributed by atoms with E-state index in [2.05, 4.69) is 19.8 Å². The molecule has 33 heavy (non-hydrogen) atoms. The summed E-state index contributed by atoms with van der Waals surface area (Å²) in [5.41, 5.74) is 7.57. The molecule has 9 nitrogen and oxygen atoms in total. The van der Waals surface area contributed by atoms with Crippen molar-refractivity contribution in [3.63, 3.8) is 0 Å². The normalized spacial score (nSPS) is 19.2. The summed E-state index contributed by atoms with van der Waals surface area (Å²) in [5, 5.41) is 14.1. The van der Waals surface area contributed by atoms with Gasteiger partial charge in [0.15, 0.2) is 11.6 Å². The molecule has 12 heteroatoms. The number of para-hydroxylation sites is 1. The fourth-order valence-electron chi connectivity index (χ4n) is 4.49. The molecule has 0 aliphatic heterocycles. The number of hydrogen-bond acceptors (Lipinski definition) is 6. The maximum atomic E-state index is 12.8. The van der Waals surface area contributed by atoms with Gasteiger partial charge in [0, 0.05) is 11.3 Å². The van der Waals surface area contributed by atoms with Crippen LogP contribution in [0.5, 0.6) is 5.75 Å². The summed E-state index contributed by atoms with van der Waals surface area (Å²) in [4.78, 5) is 23.1. The summed E-state index contributed by atoms with van der Waals surface area (Å²) < 4.78 is 44.2. The Morgan fingerprint density at radius 1 is 1.24 bits per heavy atom. The Hall–Kier alpha value is -3.83. The number of nitrogens with one attached hydrogen (secondary N) is 1. The summed E-state index contributed by atoms with van der Waals surface area (Å²) in [6, 6.07) is 6.02. The van der Waals surface area contributed by atoms with E-state index >= 15 is 0 Å². The summed E-state index contributed by atoms with van der Waals surface area (Å²) in [5.74, 6) is -0.793. The van der Waals surface area contributed by atoms with E-state index in [9.17, 15) is 23.1 Å². The third-order valence-electron chi connectivity index (χ3n) is 6.03. The highest BCUT2D eigenvalue weighted by atomic mass is 19.4. The van der Waals surface area contributed by atoms with Crippen molar-refractivity contribution in [2.75, 3.05) is 5.73 Å². The molecule has 3 heterocycles. The number of ether oxygens (including phenoxy) is 1. The molecular weight excluding hydrogens is 441 g/mol. The molecule has 3 aromatic heterocycles. The number of carboxylic acid groups (broad SMARTS) is 1. The van der Waals surface area contributed by atoms with Gasteiger partial charge in [0.2, 0.25) is 0 Å². The van der Waals surface area contributed by atoms with Crippen LogP contribution in [0.4, 0.5) is 19.0 Å². The average Bonchev–Trinajstić information content (AvgIpc) is 3.36. The Labute approximate surface area is 184 Å². The van der Waals surface area contributed by atoms with Crippen LogP contribution in [0.3, 0.4) is 0 Å². The summed E-state index contributed by atoms with van der Waals surface area (Å²) in [6.07, 6.45) is -1.24. The molecule has 0 radical (unpaired) electrons. The maximum absolute atomic E-state index is 12.8. The van der Waals surface area contributed by atoms with E-state index in [1.54, 1.807) is 16.6 Å². The van der Waals surface area contributed by atoms with Gasteiger partial charge in [-0.15, -0.1) is 13.2 Å².